The third kappa shape index (κ3) is 5.67. The van der Waals surface area contributed by atoms with Crippen LogP contribution in [0, 0.1) is 11.8 Å². The van der Waals surface area contributed by atoms with Crippen LogP contribution in [-0.2, 0) is 16.0 Å². The third-order valence-electron chi connectivity index (χ3n) is 6.47. The van der Waals surface area contributed by atoms with Crippen molar-refractivity contribution >= 4 is 28.9 Å². The SMILES string of the molecule is CC(C)(C)OC(=O)NC[C@@H]1CCCC(CN2C(=O)N[C@@H](Cc3c[nH]c4ccccc34)C2=O)C1. The summed E-state index contributed by atoms with van der Waals surface area (Å²) in [5, 5.41) is 6.81. The molecule has 3 N–H and O–H groups in total. The molecular formula is C25H34N4O4. The number of rotatable bonds is 6. The summed E-state index contributed by atoms with van der Waals surface area (Å²) in [6, 6.07) is 7.11. The number of aromatic amines is 1. The molecule has 1 aromatic heterocycles. The predicted molar refractivity (Wildman–Crippen MR) is 126 cm³/mol. The first-order chi connectivity index (χ1) is 15.7. The van der Waals surface area contributed by atoms with Gasteiger partial charge in [-0.3, -0.25) is 9.69 Å². The molecule has 8 nitrogen and oxygen atoms in total. The second-order valence-electron chi connectivity index (χ2n) is 10.3. The molecule has 3 atom stereocenters. The Bertz CT molecular complexity index is 1020. The minimum atomic E-state index is -0.537. The van der Waals surface area contributed by atoms with Gasteiger partial charge in [0.2, 0.25) is 0 Å². The Kier molecular flexibility index (Phi) is 6.63. The van der Waals surface area contributed by atoms with E-state index in [2.05, 4.69) is 15.6 Å². The van der Waals surface area contributed by atoms with Gasteiger partial charge in [-0.05, 0) is 63.5 Å². The molecule has 2 fully saturated rings. The second kappa shape index (κ2) is 9.45. The summed E-state index contributed by atoms with van der Waals surface area (Å²) in [6.07, 6.45) is 5.88. The zero-order valence-electron chi connectivity index (χ0n) is 19.6. The van der Waals surface area contributed by atoms with E-state index in [9.17, 15) is 14.4 Å². The second-order valence-corrected chi connectivity index (χ2v) is 10.3. The Morgan fingerprint density at radius 2 is 1.94 bits per heavy atom. The molecule has 2 aromatic rings. The standard InChI is InChI=1S/C25H34N4O4/c1-25(2,3)33-24(32)27-13-16-7-6-8-17(11-16)15-29-22(30)21(28-23(29)31)12-18-14-26-20-10-5-4-9-19(18)20/h4-5,9-10,14,16-17,21,26H,6-8,11-13,15H2,1-3H3,(H,27,32)(H,28,31)/t16-,17?,21+/m1/s1. The van der Waals surface area contributed by atoms with Crippen LogP contribution in [0.3, 0.4) is 0 Å². The van der Waals surface area contributed by atoms with Crippen LogP contribution in [0.5, 0.6) is 0 Å². The van der Waals surface area contributed by atoms with Gasteiger partial charge >= 0.3 is 12.1 Å². The van der Waals surface area contributed by atoms with E-state index in [1.165, 1.54) is 4.90 Å². The number of para-hydroxylation sites is 1. The normalized spacial score (nSPS) is 23.6. The topological polar surface area (TPSA) is 104 Å². The number of nitrogens with one attached hydrogen (secondary N) is 3. The van der Waals surface area contributed by atoms with E-state index in [0.717, 1.165) is 42.1 Å². The van der Waals surface area contributed by atoms with Gasteiger partial charge in [0.1, 0.15) is 11.6 Å². The molecule has 2 aliphatic rings. The van der Waals surface area contributed by atoms with Gasteiger partial charge in [-0.2, -0.15) is 0 Å². The number of H-pyrrole nitrogens is 1. The van der Waals surface area contributed by atoms with Gasteiger partial charge in [-0.1, -0.05) is 24.6 Å². The van der Waals surface area contributed by atoms with Gasteiger partial charge in [0.15, 0.2) is 0 Å². The number of imide groups is 1. The number of hydrogen-bond acceptors (Lipinski definition) is 4. The quantitative estimate of drug-likeness (QED) is 0.575. The van der Waals surface area contributed by atoms with E-state index in [1.807, 2.05) is 51.2 Å². The van der Waals surface area contributed by atoms with Crippen LogP contribution in [0.2, 0.25) is 0 Å². The number of carbonyl (C=O) groups excluding carboxylic acids is 3. The fraction of sp³-hybridized carbons (Fsp3) is 0.560. The number of urea groups is 1. The molecule has 0 bridgehead atoms. The lowest BCUT2D eigenvalue weighted by Gasteiger charge is -2.31. The molecule has 1 aromatic carbocycles. The highest BCUT2D eigenvalue weighted by atomic mass is 16.6. The van der Waals surface area contributed by atoms with Crippen LogP contribution in [-0.4, -0.2) is 52.6 Å². The highest BCUT2D eigenvalue weighted by molar-refractivity contribution is 6.04. The zero-order valence-corrected chi connectivity index (χ0v) is 19.6. The minimum Gasteiger partial charge on any atom is -0.444 e. The molecule has 2 heterocycles. The zero-order chi connectivity index (χ0) is 23.6. The number of amides is 4. The van der Waals surface area contributed by atoms with Gasteiger partial charge in [-0.15, -0.1) is 0 Å². The van der Waals surface area contributed by atoms with E-state index in [4.69, 9.17) is 4.74 Å². The van der Waals surface area contributed by atoms with Gasteiger partial charge < -0.3 is 20.4 Å². The van der Waals surface area contributed by atoms with E-state index in [1.54, 1.807) is 0 Å². The van der Waals surface area contributed by atoms with Crippen molar-refractivity contribution in [3.05, 3.63) is 36.0 Å². The average molecular weight is 455 g/mol. The van der Waals surface area contributed by atoms with Crippen LogP contribution >= 0.6 is 0 Å². The lowest BCUT2D eigenvalue weighted by molar-refractivity contribution is -0.128. The van der Waals surface area contributed by atoms with Crippen molar-refractivity contribution in [1.29, 1.82) is 0 Å². The van der Waals surface area contributed by atoms with Gasteiger partial charge in [0.05, 0.1) is 0 Å². The van der Waals surface area contributed by atoms with Crippen molar-refractivity contribution in [2.45, 2.75) is 64.5 Å². The third-order valence-corrected chi connectivity index (χ3v) is 6.47. The Balaban J connectivity index is 1.30. The number of ether oxygens (including phenoxy) is 1. The van der Waals surface area contributed by atoms with E-state index in [-0.39, 0.29) is 17.9 Å². The molecule has 33 heavy (non-hydrogen) atoms. The van der Waals surface area contributed by atoms with E-state index in [0.29, 0.717) is 25.4 Å². The van der Waals surface area contributed by atoms with E-state index < -0.39 is 17.7 Å². The number of alkyl carbamates (subject to hydrolysis) is 1. The minimum absolute atomic E-state index is 0.153. The Morgan fingerprint density at radius 3 is 2.73 bits per heavy atom. The molecule has 1 aliphatic carbocycles. The van der Waals surface area contributed by atoms with Crippen molar-refractivity contribution in [2.24, 2.45) is 11.8 Å². The number of benzene rings is 1. The summed E-state index contributed by atoms with van der Waals surface area (Å²) < 4.78 is 5.31. The summed E-state index contributed by atoms with van der Waals surface area (Å²) in [5.41, 5.74) is 1.53. The monoisotopic (exact) mass is 454 g/mol. The maximum absolute atomic E-state index is 13.0. The largest absolute Gasteiger partial charge is 0.444 e. The molecule has 4 amide bonds. The predicted octanol–water partition coefficient (Wildman–Crippen LogP) is 3.96. The molecular weight excluding hydrogens is 420 g/mol. The number of nitrogens with zero attached hydrogens (tertiary/aromatic N) is 1. The highest BCUT2D eigenvalue weighted by Crippen LogP contribution is 2.30. The molecule has 1 unspecified atom stereocenters. The van der Waals surface area contributed by atoms with Crippen molar-refractivity contribution in [3.8, 4) is 0 Å². The Hall–Kier alpha value is -3.03. The fourth-order valence-corrected chi connectivity index (χ4v) is 4.96. The van der Waals surface area contributed by atoms with Crippen molar-refractivity contribution < 1.29 is 19.1 Å². The number of fused-ring (bicyclic) bond motifs is 1. The summed E-state index contributed by atoms with van der Waals surface area (Å²) in [4.78, 5) is 42.2. The van der Waals surface area contributed by atoms with Gasteiger partial charge in [0, 0.05) is 36.6 Å². The van der Waals surface area contributed by atoms with Crippen molar-refractivity contribution in [2.75, 3.05) is 13.1 Å². The number of carbonyl (C=O) groups is 3. The first-order valence-electron chi connectivity index (χ1n) is 11.8. The molecule has 1 saturated heterocycles. The molecule has 178 valence electrons. The Labute approximate surface area is 194 Å². The smallest absolute Gasteiger partial charge is 0.407 e. The van der Waals surface area contributed by atoms with Gasteiger partial charge in [-0.25, -0.2) is 9.59 Å². The summed E-state index contributed by atoms with van der Waals surface area (Å²) in [6.45, 7) is 6.50. The van der Waals surface area contributed by atoms with E-state index >= 15 is 0 Å². The van der Waals surface area contributed by atoms with Crippen LogP contribution in [0.25, 0.3) is 10.9 Å². The van der Waals surface area contributed by atoms with Crippen LogP contribution in [0.15, 0.2) is 30.5 Å². The molecule has 1 aliphatic heterocycles. The summed E-state index contributed by atoms with van der Waals surface area (Å²) in [5.74, 6) is 0.407. The number of aromatic nitrogens is 1. The van der Waals surface area contributed by atoms with Crippen LogP contribution < -0.4 is 10.6 Å². The number of hydrogen-bond donors (Lipinski definition) is 3. The maximum atomic E-state index is 13.0. The average Bonchev–Trinajstić information content (AvgIpc) is 3.28. The Morgan fingerprint density at radius 1 is 1.18 bits per heavy atom. The van der Waals surface area contributed by atoms with Crippen molar-refractivity contribution in [3.63, 3.8) is 0 Å². The lowest BCUT2D eigenvalue weighted by atomic mass is 9.81. The molecule has 8 heteroatoms. The first kappa shape index (κ1) is 23.1. The fourth-order valence-electron chi connectivity index (χ4n) is 4.96. The lowest BCUT2D eigenvalue weighted by Crippen LogP contribution is -2.40. The summed E-state index contributed by atoms with van der Waals surface area (Å²) >= 11 is 0. The first-order valence-corrected chi connectivity index (χ1v) is 11.8. The highest BCUT2D eigenvalue weighted by Gasteiger charge is 2.39. The van der Waals surface area contributed by atoms with Crippen LogP contribution in [0.1, 0.15) is 52.0 Å². The maximum Gasteiger partial charge on any atom is 0.407 e. The molecule has 0 radical (unpaired) electrons. The van der Waals surface area contributed by atoms with Crippen molar-refractivity contribution in [1.82, 2.24) is 20.5 Å². The van der Waals surface area contributed by atoms with Crippen LogP contribution in [0.4, 0.5) is 9.59 Å². The molecule has 1 saturated carbocycles. The molecule has 0 spiro atoms. The molecule has 4 rings (SSSR count). The van der Waals surface area contributed by atoms with Gasteiger partial charge in [0.25, 0.3) is 5.91 Å². The summed E-state index contributed by atoms with van der Waals surface area (Å²) in [7, 11) is 0.